The van der Waals surface area contributed by atoms with Gasteiger partial charge in [-0.2, -0.15) is 5.10 Å². The molecule has 0 aliphatic rings. The Kier molecular flexibility index (Phi) is 3.70. The summed E-state index contributed by atoms with van der Waals surface area (Å²) in [6, 6.07) is 9.87. The Morgan fingerprint density at radius 1 is 1.08 bits per heavy atom. The predicted molar refractivity (Wildman–Crippen MR) is 56.2 cm³/mol. The molecule has 0 aliphatic carbocycles. The van der Waals surface area contributed by atoms with Crippen molar-refractivity contribution in [3.8, 4) is 0 Å². The molecule has 0 heterocycles. The molecule has 1 aromatic rings. The minimum Gasteiger partial charge on any atom is -0.367 e. The molecule has 0 fully saturated rings. The molecule has 0 aromatic heterocycles. The molecule has 0 saturated carbocycles. The third kappa shape index (κ3) is 4.06. The number of benzene rings is 1. The first-order chi connectivity index (χ1) is 6.29. The Bertz CT molecular complexity index is 288. The summed E-state index contributed by atoms with van der Waals surface area (Å²) < 4.78 is 0. The first-order valence-electron chi connectivity index (χ1n) is 4.07. The smallest absolute Gasteiger partial charge is 0.113 e. The van der Waals surface area contributed by atoms with E-state index in [0.717, 1.165) is 5.56 Å². The monoisotopic (exact) mass is 175 g/mol. The third-order valence-corrected chi connectivity index (χ3v) is 1.36. The molecule has 3 nitrogen and oxygen atoms in total. The van der Waals surface area contributed by atoms with Gasteiger partial charge in [0.25, 0.3) is 0 Å². The molecule has 0 N–H and O–H groups in total. The molecule has 0 atom stereocenters. The van der Waals surface area contributed by atoms with E-state index in [4.69, 9.17) is 0 Å². The van der Waals surface area contributed by atoms with Crippen LogP contribution in [-0.4, -0.2) is 31.5 Å². The number of hydrogen-bond donors (Lipinski definition) is 0. The molecule has 13 heavy (non-hydrogen) atoms. The van der Waals surface area contributed by atoms with Crippen LogP contribution in [0.2, 0.25) is 0 Å². The van der Waals surface area contributed by atoms with Crippen molar-refractivity contribution in [1.82, 2.24) is 4.90 Å². The molecule has 1 aromatic carbocycles. The van der Waals surface area contributed by atoms with Crippen LogP contribution in [0, 0.1) is 0 Å². The summed E-state index contributed by atoms with van der Waals surface area (Å²) in [5.74, 6) is 0. The molecule has 0 bridgehead atoms. The van der Waals surface area contributed by atoms with Crippen molar-refractivity contribution in [2.45, 2.75) is 0 Å². The van der Waals surface area contributed by atoms with Crippen LogP contribution in [0.15, 0.2) is 40.5 Å². The van der Waals surface area contributed by atoms with Gasteiger partial charge >= 0.3 is 0 Å². The molecule has 0 aliphatic heterocycles. The molecular formula is C10H13N3. The number of nitrogens with zero attached hydrogens (tertiary/aromatic N) is 3. The second-order valence-electron chi connectivity index (χ2n) is 2.85. The van der Waals surface area contributed by atoms with Gasteiger partial charge in [-0.05, 0) is 5.56 Å². The Balaban J connectivity index is 2.50. The lowest BCUT2D eigenvalue weighted by molar-refractivity contribution is 0.640. The Labute approximate surface area is 78.4 Å². The fourth-order valence-electron chi connectivity index (χ4n) is 0.772. The molecule has 0 amide bonds. The quantitative estimate of drug-likeness (QED) is 0.389. The highest BCUT2D eigenvalue weighted by atomic mass is 15.3. The zero-order chi connectivity index (χ0) is 9.52. The van der Waals surface area contributed by atoms with Crippen molar-refractivity contribution in [2.24, 2.45) is 10.2 Å². The van der Waals surface area contributed by atoms with Gasteiger partial charge in [0.15, 0.2) is 0 Å². The first kappa shape index (κ1) is 9.45. The Hall–Kier alpha value is -1.64. The van der Waals surface area contributed by atoms with E-state index in [-0.39, 0.29) is 0 Å². The summed E-state index contributed by atoms with van der Waals surface area (Å²) in [7, 11) is 3.81. The van der Waals surface area contributed by atoms with Crippen molar-refractivity contribution in [3.63, 3.8) is 0 Å². The molecule has 68 valence electrons. The SMILES string of the molecule is CN(C)/C=N/N=C/c1ccccc1. The minimum atomic E-state index is 1.05. The molecule has 0 unspecified atom stereocenters. The van der Waals surface area contributed by atoms with Gasteiger partial charge in [0.1, 0.15) is 6.34 Å². The molecular weight excluding hydrogens is 162 g/mol. The number of hydrogen-bond acceptors (Lipinski definition) is 2. The average Bonchev–Trinajstić information content (AvgIpc) is 2.14. The van der Waals surface area contributed by atoms with Gasteiger partial charge < -0.3 is 4.90 Å². The third-order valence-electron chi connectivity index (χ3n) is 1.36. The van der Waals surface area contributed by atoms with Crippen LogP contribution >= 0.6 is 0 Å². The topological polar surface area (TPSA) is 28.0 Å². The van der Waals surface area contributed by atoms with Gasteiger partial charge in [0.2, 0.25) is 0 Å². The summed E-state index contributed by atoms with van der Waals surface area (Å²) in [6.45, 7) is 0. The summed E-state index contributed by atoms with van der Waals surface area (Å²) in [5.41, 5.74) is 1.05. The van der Waals surface area contributed by atoms with Gasteiger partial charge in [0.05, 0.1) is 6.21 Å². The van der Waals surface area contributed by atoms with Crippen LogP contribution in [0.4, 0.5) is 0 Å². The maximum atomic E-state index is 3.88. The fraction of sp³-hybridized carbons (Fsp3) is 0.200. The van der Waals surface area contributed by atoms with Gasteiger partial charge in [0, 0.05) is 14.1 Å². The normalized spacial score (nSPS) is 11.2. The van der Waals surface area contributed by atoms with E-state index in [9.17, 15) is 0 Å². The van der Waals surface area contributed by atoms with E-state index >= 15 is 0 Å². The average molecular weight is 175 g/mol. The van der Waals surface area contributed by atoms with Gasteiger partial charge in [-0.1, -0.05) is 30.3 Å². The summed E-state index contributed by atoms with van der Waals surface area (Å²) in [5, 5.41) is 7.72. The molecule has 0 saturated heterocycles. The van der Waals surface area contributed by atoms with Crippen molar-refractivity contribution in [2.75, 3.05) is 14.1 Å². The maximum absolute atomic E-state index is 3.88. The predicted octanol–water partition coefficient (Wildman–Crippen LogP) is 1.61. The highest BCUT2D eigenvalue weighted by Crippen LogP contribution is 1.93. The maximum Gasteiger partial charge on any atom is 0.113 e. The summed E-state index contributed by atoms with van der Waals surface area (Å²) >= 11 is 0. The lowest BCUT2D eigenvalue weighted by atomic mass is 10.2. The molecule has 3 heteroatoms. The van der Waals surface area contributed by atoms with E-state index in [2.05, 4.69) is 10.2 Å². The van der Waals surface area contributed by atoms with Crippen LogP contribution in [-0.2, 0) is 0 Å². The van der Waals surface area contributed by atoms with Crippen LogP contribution < -0.4 is 0 Å². The van der Waals surface area contributed by atoms with E-state index in [1.54, 1.807) is 12.6 Å². The van der Waals surface area contributed by atoms with Crippen LogP contribution in [0.25, 0.3) is 0 Å². The Morgan fingerprint density at radius 3 is 2.38 bits per heavy atom. The second kappa shape index (κ2) is 5.09. The van der Waals surface area contributed by atoms with E-state index < -0.39 is 0 Å². The van der Waals surface area contributed by atoms with E-state index in [1.807, 2.05) is 49.3 Å². The molecule has 0 radical (unpaired) electrons. The van der Waals surface area contributed by atoms with Crippen LogP contribution in [0.3, 0.4) is 0 Å². The lowest BCUT2D eigenvalue weighted by Crippen LogP contribution is -2.06. The highest BCUT2D eigenvalue weighted by Gasteiger charge is 1.81. The van der Waals surface area contributed by atoms with Crippen molar-refractivity contribution in [3.05, 3.63) is 35.9 Å². The van der Waals surface area contributed by atoms with Crippen LogP contribution in [0.5, 0.6) is 0 Å². The highest BCUT2D eigenvalue weighted by molar-refractivity contribution is 5.79. The van der Waals surface area contributed by atoms with Gasteiger partial charge in [-0.3, -0.25) is 0 Å². The second-order valence-corrected chi connectivity index (χ2v) is 2.85. The van der Waals surface area contributed by atoms with Crippen LogP contribution in [0.1, 0.15) is 5.56 Å². The zero-order valence-corrected chi connectivity index (χ0v) is 7.88. The first-order valence-corrected chi connectivity index (χ1v) is 4.07. The number of rotatable bonds is 3. The molecule has 0 spiro atoms. The summed E-state index contributed by atoms with van der Waals surface area (Å²) in [4.78, 5) is 1.84. The lowest BCUT2D eigenvalue weighted by Gasteiger charge is -1.98. The Morgan fingerprint density at radius 2 is 1.77 bits per heavy atom. The van der Waals surface area contributed by atoms with E-state index in [1.165, 1.54) is 0 Å². The van der Waals surface area contributed by atoms with Crippen molar-refractivity contribution in [1.29, 1.82) is 0 Å². The summed E-state index contributed by atoms with van der Waals surface area (Å²) in [6.07, 6.45) is 3.37. The standard InChI is InChI=1S/C10H13N3/c1-13(2)9-12-11-8-10-6-4-3-5-7-10/h3-9H,1-2H3/b11-8+,12-9+. The largest absolute Gasteiger partial charge is 0.367 e. The molecule has 1 rings (SSSR count). The van der Waals surface area contributed by atoms with Gasteiger partial charge in [-0.25, -0.2) is 0 Å². The zero-order valence-electron chi connectivity index (χ0n) is 7.88. The van der Waals surface area contributed by atoms with Crippen molar-refractivity contribution >= 4 is 12.6 Å². The van der Waals surface area contributed by atoms with Crippen molar-refractivity contribution < 1.29 is 0 Å². The van der Waals surface area contributed by atoms with Gasteiger partial charge in [-0.15, -0.1) is 5.10 Å². The fourth-order valence-corrected chi connectivity index (χ4v) is 0.772. The minimum absolute atomic E-state index is 1.05. The van der Waals surface area contributed by atoms with E-state index in [0.29, 0.717) is 0 Å².